The summed E-state index contributed by atoms with van der Waals surface area (Å²) in [6.07, 6.45) is 1.80. The van der Waals surface area contributed by atoms with Crippen LogP contribution in [0.2, 0.25) is 0 Å². The summed E-state index contributed by atoms with van der Waals surface area (Å²) in [6.45, 7) is 0. The quantitative estimate of drug-likeness (QED) is 0.554. The maximum atomic E-state index is 12.9. The van der Waals surface area contributed by atoms with E-state index in [0.29, 0.717) is 20.7 Å². The van der Waals surface area contributed by atoms with Crippen LogP contribution in [0.1, 0.15) is 5.56 Å². The fourth-order valence-corrected chi connectivity index (χ4v) is 3.96. The van der Waals surface area contributed by atoms with Crippen LogP contribution in [0.3, 0.4) is 0 Å². The van der Waals surface area contributed by atoms with Crippen LogP contribution in [0.5, 0.6) is 11.5 Å². The first kappa shape index (κ1) is 19.3. The van der Waals surface area contributed by atoms with E-state index in [-0.39, 0.29) is 5.91 Å². The average Bonchev–Trinajstić information content (AvgIpc) is 2.95. The summed E-state index contributed by atoms with van der Waals surface area (Å²) in [5.74, 6) is 1.19. The van der Waals surface area contributed by atoms with Gasteiger partial charge in [0.05, 0.1) is 24.8 Å². The number of hydrogen-bond donors (Lipinski definition) is 0. The Hall–Kier alpha value is -2.51. The van der Waals surface area contributed by atoms with E-state index < -0.39 is 0 Å². The van der Waals surface area contributed by atoms with Gasteiger partial charge in [0.1, 0.15) is 11.5 Å². The van der Waals surface area contributed by atoms with Crippen LogP contribution < -0.4 is 19.3 Å². The zero-order valence-electron chi connectivity index (χ0n) is 15.6. The van der Waals surface area contributed by atoms with Gasteiger partial charge in [0.15, 0.2) is 4.32 Å². The van der Waals surface area contributed by atoms with E-state index in [1.807, 2.05) is 55.4 Å². The van der Waals surface area contributed by atoms with Gasteiger partial charge in [0.2, 0.25) is 0 Å². The minimum Gasteiger partial charge on any atom is -0.497 e. The van der Waals surface area contributed by atoms with E-state index in [9.17, 15) is 4.79 Å². The number of amides is 1. The molecule has 0 atom stereocenters. The SMILES string of the molecule is COc1ccc(C=C2SC(=S)N(c3ccc(N(C)C)cc3)C2=O)c(OC)c1. The number of anilines is 2. The molecule has 140 valence electrons. The molecule has 1 amide bonds. The predicted molar refractivity (Wildman–Crippen MR) is 116 cm³/mol. The molecule has 7 heteroatoms. The van der Waals surface area contributed by atoms with Gasteiger partial charge in [-0.25, -0.2) is 0 Å². The molecule has 0 saturated carbocycles. The highest BCUT2D eigenvalue weighted by Crippen LogP contribution is 2.38. The normalized spacial score (nSPS) is 15.4. The molecule has 1 fully saturated rings. The van der Waals surface area contributed by atoms with Crippen LogP contribution in [0.25, 0.3) is 6.08 Å². The molecular weight excluding hydrogens is 380 g/mol. The second-order valence-electron chi connectivity index (χ2n) is 6.04. The van der Waals surface area contributed by atoms with Gasteiger partial charge in [-0.1, -0.05) is 24.0 Å². The first-order valence-corrected chi connectivity index (χ1v) is 9.44. The van der Waals surface area contributed by atoms with E-state index >= 15 is 0 Å². The highest BCUT2D eigenvalue weighted by atomic mass is 32.2. The smallest absolute Gasteiger partial charge is 0.270 e. The molecule has 0 N–H and O–H groups in total. The minimum atomic E-state index is -0.138. The van der Waals surface area contributed by atoms with Gasteiger partial charge in [-0.2, -0.15) is 0 Å². The van der Waals surface area contributed by atoms with Gasteiger partial charge in [0.25, 0.3) is 5.91 Å². The Balaban J connectivity index is 1.91. The molecule has 0 aliphatic carbocycles. The second-order valence-corrected chi connectivity index (χ2v) is 7.71. The van der Waals surface area contributed by atoms with Gasteiger partial charge in [-0.15, -0.1) is 0 Å². The van der Waals surface area contributed by atoms with Crippen molar-refractivity contribution in [1.29, 1.82) is 0 Å². The zero-order chi connectivity index (χ0) is 19.6. The molecule has 1 aliphatic heterocycles. The molecule has 0 radical (unpaired) electrons. The summed E-state index contributed by atoms with van der Waals surface area (Å²) in [5.41, 5.74) is 2.61. The van der Waals surface area contributed by atoms with Crippen LogP contribution in [-0.2, 0) is 4.79 Å². The van der Waals surface area contributed by atoms with E-state index in [1.54, 1.807) is 31.3 Å². The third-order valence-corrected chi connectivity index (χ3v) is 5.45. The van der Waals surface area contributed by atoms with Crippen LogP contribution in [0, 0.1) is 0 Å². The van der Waals surface area contributed by atoms with Crippen molar-refractivity contribution in [3.05, 3.63) is 52.9 Å². The lowest BCUT2D eigenvalue weighted by atomic mass is 10.1. The number of ether oxygens (including phenoxy) is 2. The van der Waals surface area contributed by atoms with Crippen molar-refractivity contribution in [3.63, 3.8) is 0 Å². The predicted octanol–water partition coefficient (Wildman–Crippen LogP) is 4.18. The Labute approximate surface area is 168 Å². The molecule has 0 unspecified atom stereocenters. The van der Waals surface area contributed by atoms with Crippen molar-refractivity contribution >= 4 is 51.7 Å². The monoisotopic (exact) mass is 400 g/mol. The first-order chi connectivity index (χ1) is 12.9. The molecule has 2 aromatic carbocycles. The summed E-state index contributed by atoms with van der Waals surface area (Å²) in [6, 6.07) is 13.2. The Morgan fingerprint density at radius 3 is 2.37 bits per heavy atom. The summed E-state index contributed by atoms with van der Waals surface area (Å²) >= 11 is 6.73. The van der Waals surface area contributed by atoms with Crippen molar-refractivity contribution in [2.75, 3.05) is 38.1 Å². The first-order valence-electron chi connectivity index (χ1n) is 8.22. The van der Waals surface area contributed by atoms with Crippen molar-refractivity contribution in [1.82, 2.24) is 0 Å². The van der Waals surface area contributed by atoms with Crippen molar-refractivity contribution in [2.24, 2.45) is 0 Å². The number of benzene rings is 2. The molecular formula is C20H20N2O3S2. The fourth-order valence-electron chi connectivity index (χ4n) is 2.67. The fraction of sp³-hybridized carbons (Fsp3) is 0.200. The van der Waals surface area contributed by atoms with E-state index in [2.05, 4.69) is 0 Å². The summed E-state index contributed by atoms with van der Waals surface area (Å²) < 4.78 is 11.1. The Morgan fingerprint density at radius 1 is 1.07 bits per heavy atom. The molecule has 1 heterocycles. The molecule has 0 spiro atoms. The van der Waals surface area contributed by atoms with E-state index in [4.69, 9.17) is 21.7 Å². The number of methoxy groups -OCH3 is 2. The standard InChI is InChI=1S/C20H20N2O3S2/c1-21(2)14-6-8-15(9-7-14)22-19(23)18(27-20(22)26)11-13-5-10-16(24-3)12-17(13)25-4/h5-12H,1-4H3. The van der Waals surface area contributed by atoms with Gasteiger partial charge in [-0.3, -0.25) is 9.69 Å². The molecule has 5 nitrogen and oxygen atoms in total. The number of carbonyl (C=O) groups excluding carboxylic acids is 1. The number of thioether (sulfide) groups is 1. The Kier molecular flexibility index (Phi) is 5.72. The van der Waals surface area contributed by atoms with Crippen LogP contribution in [0.4, 0.5) is 11.4 Å². The summed E-state index contributed by atoms with van der Waals surface area (Å²) in [7, 11) is 7.13. The average molecular weight is 401 g/mol. The molecule has 0 aromatic heterocycles. The molecule has 27 heavy (non-hydrogen) atoms. The topological polar surface area (TPSA) is 42.0 Å². The Bertz CT molecular complexity index is 908. The highest BCUT2D eigenvalue weighted by Gasteiger charge is 2.33. The van der Waals surface area contributed by atoms with Gasteiger partial charge >= 0.3 is 0 Å². The molecule has 3 rings (SSSR count). The highest BCUT2D eigenvalue weighted by molar-refractivity contribution is 8.27. The lowest BCUT2D eigenvalue weighted by Crippen LogP contribution is -2.27. The number of rotatable bonds is 5. The van der Waals surface area contributed by atoms with Crippen LogP contribution >= 0.6 is 24.0 Å². The minimum absolute atomic E-state index is 0.138. The zero-order valence-corrected chi connectivity index (χ0v) is 17.2. The van der Waals surface area contributed by atoms with Gasteiger partial charge in [0, 0.05) is 31.4 Å². The number of nitrogens with zero attached hydrogens (tertiary/aromatic N) is 2. The number of thiocarbonyl (C=S) groups is 1. The third kappa shape index (κ3) is 3.94. The molecule has 0 bridgehead atoms. The maximum absolute atomic E-state index is 12.9. The van der Waals surface area contributed by atoms with Gasteiger partial charge in [-0.05, 0) is 42.5 Å². The molecule has 2 aromatic rings. The van der Waals surface area contributed by atoms with Gasteiger partial charge < -0.3 is 14.4 Å². The van der Waals surface area contributed by atoms with Crippen molar-refractivity contribution < 1.29 is 14.3 Å². The lowest BCUT2D eigenvalue weighted by molar-refractivity contribution is -0.113. The lowest BCUT2D eigenvalue weighted by Gasteiger charge is -2.17. The second kappa shape index (κ2) is 8.02. The number of hydrogen-bond acceptors (Lipinski definition) is 6. The number of carbonyl (C=O) groups is 1. The summed E-state index contributed by atoms with van der Waals surface area (Å²) in [5, 5.41) is 0. The van der Waals surface area contributed by atoms with E-state index in [1.165, 1.54) is 11.8 Å². The molecule has 1 aliphatic rings. The van der Waals surface area contributed by atoms with Crippen LogP contribution in [-0.4, -0.2) is 38.5 Å². The van der Waals surface area contributed by atoms with E-state index in [0.717, 1.165) is 16.9 Å². The Morgan fingerprint density at radius 2 is 1.78 bits per heavy atom. The van der Waals surface area contributed by atoms with Crippen molar-refractivity contribution in [3.8, 4) is 11.5 Å². The largest absolute Gasteiger partial charge is 0.497 e. The third-order valence-electron chi connectivity index (χ3n) is 4.15. The maximum Gasteiger partial charge on any atom is 0.270 e. The molecule has 1 saturated heterocycles. The van der Waals surface area contributed by atoms with Crippen LogP contribution in [0.15, 0.2) is 47.4 Å². The summed E-state index contributed by atoms with van der Waals surface area (Å²) in [4.78, 5) is 17.1. The van der Waals surface area contributed by atoms with Crippen molar-refractivity contribution in [2.45, 2.75) is 0 Å².